The number of hydrogen-bond donors (Lipinski definition) is 2. The Bertz CT molecular complexity index is 1070. The van der Waals surface area contributed by atoms with Gasteiger partial charge < -0.3 is 24.8 Å². The number of anilines is 3. The zero-order valence-corrected chi connectivity index (χ0v) is 20.6. The van der Waals surface area contributed by atoms with Crippen molar-refractivity contribution in [2.24, 2.45) is 0 Å². The van der Waals surface area contributed by atoms with E-state index in [-0.39, 0.29) is 16.4 Å². The fourth-order valence-corrected chi connectivity index (χ4v) is 4.52. The first-order valence-corrected chi connectivity index (χ1v) is 12.2. The molecule has 1 amide bonds. The van der Waals surface area contributed by atoms with E-state index in [1.165, 1.54) is 12.1 Å². The summed E-state index contributed by atoms with van der Waals surface area (Å²) in [4.78, 5) is 30.6. The van der Waals surface area contributed by atoms with Gasteiger partial charge in [0.2, 0.25) is 0 Å². The minimum absolute atomic E-state index is 0.124. The van der Waals surface area contributed by atoms with Gasteiger partial charge in [0, 0.05) is 62.8 Å². The molecule has 0 spiro atoms. The molecule has 2 N–H and O–H groups in total. The monoisotopic (exact) mass is 498 g/mol. The molecule has 2 aliphatic heterocycles. The average molecular weight is 499 g/mol. The highest BCUT2D eigenvalue weighted by molar-refractivity contribution is 7.80. The molecule has 2 fully saturated rings. The number of carbonyl (C=O) groups is 1. The molecule has 0 aliphatic carbocycles. The van der Waals surface area contributed by atoms with Gasteiger partial charge in [-0.05, 0) is 49.1 Å². The summed E-state index contributed by atoms with van der Waals surface area (Å²) in [5.41, 5.74) is 2.56. The van der Waals surface area contributed by atoms with Crippen LogP contribution in [0.4, 0.5) is 22.7 Å². The van der Waals surface area contributed by atoms with Crippen LogP contribution in [-0.2, 0) is 4.74 Å². The van der Waals surface area contributed by atoms with E-state index in [1.54, 1.807) is 6.07 Å². The van der Waals surface area contributed by atoms with Crippen molar-refractivity contribution in [3.8, 4) is 0 Å². The number of hydrogen-bond acceptors (Lipinski definition) is 8. The summed E-state index contributed by atoms with van der Waals surface area (Å²) >= 11 is 5.35. The zero-order valence-electron chi connectivity index (χ0n) is 19.7. The normalized spacial score (nSPS) is 16.6. The lowest BCUT2D eigenvalue weighted by atomic mass is 10.1. The van der Waals surface area contributed by atoms with Crippen molar-refractivity contribution in [2.45, 2.75) is 6.92 Å². The van der Waals surface area contributed by atoms with Gasteiger partial charge in [-0.1, -0.05) is 6.92 Å². The van der Waals surface area contributed by atoms with Crippen LogP contribution in [0.1, 0.15) is 17.3 Å². The molecular weight excluding hydrogens is 468 g/mol. The largest absolute Gasteiger partial charge is 0.378 e. The van der Waals surface area contributed by atoms with E-state index in [2.05, 4.69) is 27.4 Å². The number of ether oxygens (including phenoxy) is 1. The number of likely N-dealkylation sites (N-methyl/N-ethyl adjacent to an activating group) is 1. The Labute approximate surface area is 210 Å². The maximum atomic E-state index is 13.1. The molecule has 0 aromatic heterocycles. The number of benzene rings is 2. The van der Waals surface area contributed by atoms with Crippen LogP contribution in [-0.4, -0.2) is 79.9 Å². The van der Waals surface area contributed by atoms with E-state index < -0.39 is 10.8 Å². The molecule has 0 bridgehead atoms. The Morgan fingerprint density at radius 1 is 1.03 bits per heavy atom. The van der Waals surface area contributed by atoms with Crippen LogP contribution in [0.25, 0.3) is 0 Å². The van der Waals surface area contributed by atoms with Crippen molar-refractivity contribution in [1.82, 2.24) is 10.2 Å². The number of thiocarbonyl (C=S) groups is 1. The number of rotatable bonds is 6. The van der Waals surface area contributed by atoms with Crippen LogP contribution < -0.4 is 20.4 Å². The fraction of sp³-hybridized carbons (Fsp3) is 0.417. The Morgan fingerprint density at radius 3 is 2.34 bits per heavy atom. The summed E-state index contributed by atoms with van der Waals surface area (Å²) in [6.45, 7) is 9.59. The molecule has 2 aliphatic rings. The molecule has 10 nitrogen and oxygen atoms in total. The molecule has 4 rings (SSSR count). The Balaban J connectivity index is 1.40. The number of nitro benzene ring substituents is 1. The van der Waals surface area contributed by atoms with Gasteiger partial charge >= 0.3 is 0 Å². The molecule has 0 atom stereocenters. The van der Waals surface area contributed by atoms with Gasteiger partial charge in [-0.3, -0.25) is 20.2 Å². The second-order valence-corrected chi connectivity index (χ2v) is 8.84. The highest BCUT2D eigenvalue weighted by Crippen LogP contribution is 2.26. The van der Waals surface area contributed by atoms with Crippen LogP contribution >= 0.6 is 12.2 Å². The first-order valence-electron chi connectivity index (χ1n) is 11.8. The van der Waals surface area contributed by atoms with Crippen LogP contribution in [0.2, 0.25) is 0 Å². The number of morpholine rings is 1. The van der Waals surface area contributed by atoms with Crippen LogP contribution in [0.5, 0.6) is 0 Å². The van der Waals surface area contributed by atoms with E-state index in [1.807, 2.05) is 29.2 Å². The summed E-state index contributed by atoms with van der Waals surface area (Å²) in [6, 6.07) is 12.2. The quantitative estimate of drug-likeness (QED) is 0.353. The fourth-order valence-electron chi connectivity index (χ4n) is 4.31. The van der Waals surface area contributed by atoms with E-state index in [9.17, 15) is 14.9 Å². The number of non-ortho nitro benzene ring substituents is 1. The predicted octanol–water partition coefficient (Wildman–Crippen LogP) is 2.70. The molecule has 35 heavy (non-hydrogen) atoms. The number of nitro groups is 1. The Morgan fingerprint density at radius 2 is 1.71 bits per heavy atom. The molecule has 2 aromatic rings. The Kier molecular flexibility index (Phi) is 8.11. The van der Waals surface area contributed by atoms with Crippen LogP contribution in [0.3, 0.4) is 0 Å². The zero-order chi connectivity index (χ0) is 24.8. The maximum Gasteiger partial charge on any atom is 0.270 e. The van der Waals surface area contributed by atoms with Gasteiger partial charge in [0.1, 0.15) is 0 Å². The van der Waals surface area contributed by atoms with Crippen molar-refractivity contribution in [2.75, 3.05) is 74.1 Å². The third-order valence-electron chi connectivity index (χ3n) is 6.32. The molecule has 0 radical (unpaired) electrons. The van der Waals surface area contributed by atoms with Gasteiger partial charge in [0.05, 0.1) is 29.4 Å². The van der Waals surface area contributed by atoms with Crippen molar-refractivity contribution in [3.05, 3.63) is 58.1 Å². The number of nitrogens with one attached hydrogen (secondary N) is 2. The first kappa shape index (κ1) is 24.8. The molecule has 11 heteroatoms. The standard InChI is InChI=1S/C24H30N6O4S/c1-2-27-9-11-28(12-10-27)19-5-3-18(4-6-19)25-24(35)26-23(31)21-17-20(30(32)33)7-8-22(21)29-13-15-34-16-14-29/h3-8,17H,2,9-16H2,1H3,(H2,25,26,31,35). The second-order valence-electron chi connectivity index (χ2n) is 8.43. The number of piperazine rings is 1. The maximum absolute atomic E-state index is 13.1. The summed E-state index contributed by atoms with van der Waals surface area (Å²) in [7, 11) is 0. The number of nitrogens with zero attached hydrogens (tertiary/aromatic N) is 4. The topological polar surface area (TPSA) is 103 Å². The van der Waals surface area contributed by atoms with Gasteiger partial charge in [0.15, 0.2) is 5.11 Å². The summed E-state index contributed by atoms with van der Waals surface area (Å²) in [5.74, 6) is -0.502. The molecule has 2 aromatic carbocycles. The molecule has 0 unspecified atom stereocenters. The summed E-state index contributed by atoms with van der Waals surface area (Å²) < 4.78 is 5.38. The third-order valence-corrected chi connectivity index (χ3v) is 6.53. The number of amides is 1. The lowest BCUT2D eigenvalue weighted by Crippen LogP contribution is -2.46. The summed E-state index contributed by atoms with van der Waals surface area (Å²) in [5, 5.41) is 17.1. The van der Waals surface area contributed by atoms with Crippen molar-refractivity contribution < 1.29 is 14.5 Å². The van der Waals surface area contributed by atoms with E-state index in [4.69, 9.17) is 17.0 Å². The van der Waals surface area contributed by atoms with Crippen molar-refractivity contribution in [3.63, 3.8) is 0 Å². The van der Waals surface area contributed by atoms with Crippen LogP contribution in [0.15, 0.2) is 42.5 Å². The molecular formula is C24H30N6O4S. The second kappa shape index (κ2) is 11.4. The average Bonchev–Trinajstić information content (AvgIpc) is 2.89. The molecule has 0 saturated carbocycles. The first-order chi connectivity index (χ1) is 16.9. The summed E-state index contributed by atoms with van der Waals surface area (Å²) in [6.07, 6.45) is 0. The van der Waals surface area contributed by atoms with Crippen molar-refractivity contribution >= 4 is 46.0 Å². The van der Waals surface area contributed by atoms with Crippen molar-refractivity contribution in [1.29, 1.82) is 0 Å². The minimum Gasteiger partial charge on any atom is -0.378 e. The number of carbonyl (C=O) groups excluding carboxylic acids is 1. The third kappa shape index (κ3) is 6.24. The minimum atomic E-state index is -0.514. The van der Waals surface area contributed by atoms with Gasteiger partial charge in [-0.25, -0.2) is 0 Å². The highest BCUT2D eigenvalue weighted by atomic mass is 32.1. The molecule has 2 saturated heterocycles. The molecule has 2 heterocycles. The van der Waals surface area contributed by atoms with Gasteiger partial charge in [0.25, 0.3) is 11.6 Å². The van der Waals surface area contributed by atoms with Gasteiger partial charge in [-0.15, -0.1) is 0 Å². The predicted molar refractivity (Wildman–Crippen MR) is 141 cm³/mol. The van der Waals surface area contributed by atoms with Crippen LogP contribution in [0, 0.1) is 10.1 Å². The van der Waals surface area contributed by atoms with E-state index >= 15 is 0 Å². The SMILES string of the molecule is CCN1CCN(c2ccc(NC(=S)NC(=O)c3cc([N+](=O)[O-])ccc3N3CCOCC3)cc2)CC1. The van der Waals surface area contributed by atoms with E-state index in [0.29, 0.717) is 32.0 Å². The lowest BCUT2D eigenvalue weighted by Gasteiger charge is -2.35. The smallest absolute Gasteiger partial charge is 0.270 e. The highest BCUT2D eigenvalue weighted by Gasteiger charge is 2.23. The Hall–Kier alpha value is -3.28. The lowest BCUT2D eigenvalue weighted by molar-refractivity contribution is -0.384. The van der Waals surface area contributed by atoms with E-state index in [0.717, 1.165) is 44.1 Å². The van der Waals surface area contributed by atoms with Gasteiger partial charge in [-0.2, -0.15) is 0 Å². The molecule has 186 valence electrons.